The molecular formula is C11H12BrN3O2. The molecule has 0 saturated carbocycles. The number of aromatic nitrogens is 2. The lowest BCUT2D eigenvalue weighted by Gasteiger charge is -2.09. The van der Waals surface area contributed by atoms with Gasteiger partial charge in [0.25, 0.3) is 5.56 Å². The summed E-state index contributed by atoms with van der Waals surface area (Å²) in [5, 5.41) is 0.517. The number of rotatable bonds is 2. The molecule has 1 aromatic heterocycles. The van der Waals surface area contributed by atoms with Crippen LogP contribution in [0.25, 0.3) is 10.9 Å². The van der Waals surface area contributed by atoms with E-state index in [1.807, 2.05) is 0 Å². The Morgan fingerprint density at radius 2 is 2.06 bits per heavy atom. The van der Waals surface area contributed by atoms with E-state index in [-0.39, 0.29) is 24.3 Å². The highest BCUT2D eigenvalue weighted by molar-refractivity contribution is 9.10. The van der Waals surface area contributed by atoms with E-state index in [4.69, 9.17) is 5.73 Å². The van der Waals surface area contributed by atoms with E-state index < -0.39 is 0 Å². The number of benzene rings is 1. The van der Waals surface area contributed by atoms with Crippen LogP contribution in [0.2, 0.25) is 0 Å². The zero-order valence-electron chi connectivity index (χ0n) is 9.31. The Kier molecular flexibility index (Phi) is 3.17. The fourth-order valence-electron chi connectivity index (χ4n) is 1.81. The monoisotopic (exact) mass is 297 g/mol. The standard InChI is InChI=1S/C11H12BrN3O2/c1-14-9-6-7(12)2-3-8(9)10(16)15(5-4-13)11(14)17/h2-3,6H,4-5,13H2,1H3. The number of hydrogen-bond donors (Lipinski definition) is 1. The van der Waals surface area contributed by atoms with Gasteiger partial charge in [0.15, 0.2) is 0 Å². The van der Waals surface area contributed by atoms with Crippen molar-refractivity contribution in [2.75, 3.05) is 6.54 Å². The summed E-state index contributed by atoms with van der Waals surface area (Å²) < 4.78 is 3.45. The Labute approximate surface area is 106 Å². The Balaban J connectivity index is 2.95. The van der Waals surface area contributed by atoms with E-state index in [0.717, 1.165) is 9.04 Å². The molecule has 0 saturated heterocycles. The molecule has 0 fully saturated rings. The summed E-state index contributed by atoms with van der Waals surface area (Å²) in [4.78, 5) is 24.0. The van der Waals surface area contributed by atoms with Crippen molar-refractivity contribution >= 4 is 26.8 Å². The van der Waals surface area contributed by atoms with Gasteiger partial charge in [0.1, 0.15) is 0 Å². The topological polar surface area (TPSA) is 70.0 Å². The molecule has 90 valence electrons. The van der Waals surface area contributed by atoms with E-state index >= 15 is 0 Å². The lowest BCUT2D eigenvalue weighted by atomic mass is 10.2. The summed E-state index contributed by atoms with van der Waals surface area (Å²) in [6.45, 7) is 0.495. The minimum absolute atomic E-state index is 0.234. The van der Waals surface area contributed by atoms with Gasteiger partial charge >= 0.3 is 5.69 Å². The highest BCUT2D eigenvalue weighted by atomic mass is 79.9. The molecule has 5 nitrogen and oxygen atoms in total. The molecule has 2 N–H and O–H groups in total. The van der Waals surface area contributed by atoms with E-state index in [1.54, 1.807) is 25.2 Å². The first-order valence-corrected chi connectivity index (χ1v) is 5.94. The molecule has 2 aromatic rings. The highest BCUT2D eigenvalue weighted by Crippen LogP contribution is 2.15. The summed E-state index contributed by atoms with van der Waals surface area (Å²) in [7, 11) is 1.64. The molecule has 0 aliphatic heterocycles. The Bertz CT molecular complexity index is 687. The minimum Gasteiger partial charge on any atom is -0.329 e. The highest BCUT2D eigenvalue weighted by Gasteiger charge is 2.10. The van der Waals surface area contributed by atoms with Crippen molar-refractivity contribution in [2.24, 2.45) is 12.8 Å². The first-order chi connectivity index (χ1) is 8.06. The molecule has 2 rings (SSSR count). The predicted molar refractivity (Wildman–Crippen MR) is 70.2 cm³/mol. The van der Waals surface area contributed by atoms with Gasteiger partial charge < -0.3 is 5.73 Å². The predicted octanol–water partition coefficient (Wildman–Crippen LogP) is 0.421. The van der Waals surface area contributed by atoms with Crippen LogP contribution in [0.1, 0.15) is 0 Å². The number of aryl methyl sites for hydroxylation is 1. The molecule has 1 heterocycles. The van der Waals surface area contributed by atoms with Crippen molar-refractivity contribution in [3.8, 4) is 0 Å². The summed E-state index contributed by atoms with van der Waals surface area (Å²) in [5.74, 6) is 0. The zero-order valence-corrected chi connectivity index (χ0v) is 10.9. The maximum absolute atomic E-state index is 12.1. The van der Waals surface area contributed by atoms with Gasteiger partial charge in [0.05, 0.1) is 10.9 Å². The first-order valence-electron chi connectivity index (χ1n) is 5.15. The van der Waals surface area contributed by atoms with Gasteiger partial charge in [-0.15, -0.1) is 0 Å². The van der Waals surface area contributed by atoms with Gasteiger partial charge in [-0.1, -0.05) is 15.9 Å². The fraction of sp³-hybridized carbons (Fsp3) is 0.273. The van der Waals surface area contributed by atoms with Gasteiger partial charge in [0, 0.05) is 24.6 Å². The van der Waals surface area contributed by atoms with Crippen molar-refractivity contribution in [2.45, 2.75) is 6.54 Å². The normalized spacial score (nSPS) is 11.0. The van der Waals surface area contributed by atoms with Crippen LogP contribution in [0.5, 0.6) is 0 Å². The van der Waals surface area contributed by atoms with Crippen LogP contribution in [0, 0.1) is 0 Å². The van der Waals surface area contributed by atoms with Crippen LogP contribution in [-0.4, -0.2) is 15.7 Å². The number of fused-ring (bicyclic) bond motifs is 1. The van der Waals surface area contributed by atoms with Crippen molar-refractivity contribution in [1.29, 1.82) is 0 Å². The van der Waals surface area contributed by atoms with E-state index in [9.17, 15) is 9.59 Å². The molecule has 0 unspecified atom stereocenters. The van der Waals surface area contributed by atoms with Crippen molar-refractivity contribution in [3.05, 3.63) is 43.5 Å². The molecule has 0 amide bonds. The van der Waals surface area contributed by atoms with Gasteiger partial charge in [-0.25, -0.2) is 4.79 Å². The van der Waals surface area contributed by atoms with Crippen molar-refractivity contribution < 1.29 is 0 Å². The van der Waals surface area contributed by atoms with Crippen LogP contribution in [0.15, 0.2) is 32.3 Å². The molecule has 1 aromatic carbocycles. The average Bonchev–Trinajstić information content (AvgIpc) is 2.32. The minimum atomic E-state index is -0.342. The molecule has 0 bridgehead atoms. The molecule has 17 heavy (non-hydrogen) atoms. The SMILES string of the molecule is Cn1c(=O)n(CCN)c(=O)c2ccc(Br)cc21. The lowest BCUT2D eigenvalue weighted by Crippen LogP contribution is -2.40. The third kappa shape index (κ3) is 1.94. The van der Waals surface area contributed by atoms with Crippen LogP contribution in [0.4, 0.5) is 0 Å². The van der Waals surface area contributed by atoms with Crippen molar-refractivity contribution in [3.63, 3.8) is 0 Å². The zero-order chi connectivity index (χ0) is 12.6. The summed E-state index contributed by atoms with van der Waals surface area (Å²) >= 11 is 3.32. The molecule has 0 aliphatic rings. The number of halogens is 1. The van der Waals surface area contributed by atoms with Crippen LogP contribution < -0.4 is 17.0 Å². The largest absolute Gasteiger partial charge is 0.331 e. The Hall–Kier alpha value is -1.40. The third-order valence-electron chi connectivity index (χ3n) is 2.67. The molecular weight excluding hydrogens is 286 g/mol. The third-order valence-corrected chi connectivity index (χ3v) is 3.16. The Morgan fingerprint density at radius 3 is 2.71 bits per heavy atom. The maximum Gasteiger partial charge on any atom is 0.331 e. The number of nitrogens with zero attached hydrogens (tertiary/aromatic N) is 2. The smallest absolute Gasteiger partial charge is 0.329 e. The first kappa shape index (κ1) is 12.1. The summed E-state index contributed by atoms with van der Waals surface area (Å²) in [6.07, 6.45) is 0. The molecule has 0 atom stereocenters. The second-order valence-corrected chi connectivity index (χ2v) is 4.66. The van der Waals surface area contributed by atoms with Gasteiger partial charge in [-0.05, 0) is 18.2 Å². The van der Waals surface area contributed by atoms with Crippen LogP contribution in [-0.2, 0) is 13.6 Å². The maximum atomic E-state index is 12.1. The fourth-order valence-corrected chi connectivity index (χ4v) is 2.15. The van der Waals surface area contributed by atoms with Gasteiger partial charge in [-0.3, -0.25) is 13.9 Å². The summed E-state index contributed by atoms with van der Waals surface area (Å²) in [5.41, 5.74) is 5.38. The van der Waals surface area contributed by atoms with Gasteiger partial charge in [-0.2, -0.15) is 0 Å². The van der Waals surface area contributed by atoms with E-state index in [1.165, 1.54) is 4.57 Å². The molecule has 0 radical (unpaired) electrons. The van der Waals surface area contributed by atoms with Crippen molar-refractivity contribution in [1.82, 2.24) is 9.13 Å². The van der Waals surface area contributed by atoms with E-state index in [2.05, 4.69) is 15.9 Å². The second kappa shape index (κ2) is 4.46. The lowest BCUT2D eigenvalue weighted by molar-refractivity contribution is 0.613. The summed E-state index contributed by atoms with van der Waals surface area (Å²) in [6, 6.07) is 5.24. The molecule has 0 aliphatic carbocycles. The quantitative estimate of drug-likeness (QED) is 0.873. The van der Waals surface area contributed by atoms with Gasteiger partial charge in [0.2, 0.25) is 0 Å². The van der Waals surface area contributed by atoms with E-state index in [0.29, 0.717) is 10.9 Å². The Morgan fingerprint density at radius 1 is 1.35 bits per heavy atom. The number of hydrogen-bond acceptors (Lipinski definition) is 3. The van der Waals surface area contributed by atoms with Crippen LogP contribution in [0.3, 0.4) is 0 Å². The molecule has 6 heteroatoms. The average molecular weight is 298 g/mol. The molecule has 0 spiro atoms. The second-order valence-electron chi connectivity index (χ2n) is 3.75. The van der Waals surface area contributed by atoms with Crippen LogP contribution >= 0.6 is 15.9 Å². The number of nitrogens with two attached hydrogens (primary N) is 1.